The minimum Gasteiger partial charge on any atom is -0.383 e. The standard InChI is InChI=1S/C24H29BrN4O2/c1-2-3-5-17(13-26)18-12-20(23(27)28-14-18)24(30)29-21-6-4-7-22(21)31-15-16-8-10-19(25)11-9-16/h5,8-14,21-22,26H,2-4,6-7,15H2,1H3,(H2,27,28)(H,29,30)/b17-5+,26-13?/t21-,22-/m0/s1. The average Bonchev–Trinajstić information content (AvgIpc) is 3.21. The van der Waals surface area contributed by atoms with Gasteiger partial charge in [0, 0.05) is 22.4 Å². The molecule has 1 amide bonds. The topological polar surface area (TPSA) is 101 Å². The molecular weight excluding hydrogens is 456 g/mol. The number of hydrogen-bond donors (Lipinski definition) is 3. The third kappa shape index (κ3) is 6.24. The van der Waals surface area contributed by atoms with E-state index < -0.39 is 0 Å². The molecule has 7 heteroatoms. The molecule has 164 valence electrons. The number of nitrogens with two attached hydrogens (primary N) is 1. The van der Waals surface area contributed by atoms with Gasteiger partial charge in [-0.2, -0.15) is 0 Å². The van der Waals surface area contributed by atoms with Crippen LogP contribution in [0.2, 0.25) is 0 Å². The van der Waals surface area contributed by atoms with Crippen LogP contribution in [0.25, 0.3) is 5.57 Å². The Hall–Kier alpha value is -2.51. The molecule has 3 rings (SSSR count). The number of benzene rings is 1. The van der Waals surface area contributed by atoms with E-state index in [1.54, 1.807) is 12.3 Å². The Morgan fingerprint density at radius 1 is 1.35 bits per heavy atom. The summed E-state index contributed by atoms with van der Waals surface area (Å²) >= 11 is 3.44. The predicted octanol–water partition coefficient (Wildman–Crippen LogP) is 5.13. The zero-order chi connectivity index (χ0) is 22.2. The zero-order valence-corrected chi connectivity index (χ0v) is 19.3. The van der Waals surface area contributed by atoms with Gasteiger partial charge >= 0.3 is 0 Å². The van der Waals surface area contributed by atoms with Crippen LogP contribution in [0.5, 0.6) is 0 Å². The lowest BCUT2D eigenvalue weighted by Gasteiger charge is -2.22. The number of halogens is 1. The lowest BCUT2D eigenvalue weighted by molar-refractivity contribution is 0.0272. The molecule has 6 nitrogen and oxygen atoms in total. The van der Waals surface area contributed by atoms with Crippen LogP contribution < -0.4 is 11.1 Å². The number of nitrogen functional groups attached to an aromatic ring is 1. The van der Waals surface area contributed by atoms with Crippen molar-refractivity contribution >= 4 is 39.4 Å². The van der Waals surface area contributed by atoms with Crippen LogP contribution >= 0.6 is 15.9 Å². The Morgan fingerprint density at radius 3 is 2.84 bits per heavy atom. The number of hydrogen-bond acceptors (Lipinski definition) is 5. The molecule has 1 heterocycles. The number of amides is 1. The van der Waals surface area contributed by atoms with Crippen molar-refractivity contribution in [1.82, 2.24) is 10.3 Å². The van der Waals surface area contributed by atoms with Crippen LogP contribution in [-0.2, 0) is 11.3 Å². The quantitative estimate of drug-likeness (QED) is 0.429. The number of anilines is 1. The maximum absolute atomic E-state index is 13.0. The molecule has 2 atom stereocenters. The highest BCUT2D eigenvalue weighted by atomic mass is 79.9. The number of aromatic nitrogens is 1. The molecule has 1 aliphatic carbocycles. The van der Waals surface area contributed by atoms with E-state index in [0.29, 0.717) is 12.2 Å². The molecule has 0 radical (unpaired) electrons. The first-order valence-electron chi connectivity index (χ1n) is 10.6. The number of allylic oxidation sites excluding steroid dienone is 2. The molecule has 4 N–H and O–H groups in total. The van der Waals surface area contributed by atoms with Crippen LogP contribution in [0, 0.1) is 5.41 Å². The second-order valence-corrected chi connectivity index (χ2v) is 8.65. The van der Waals surface area contributed by atoms with Crippen molar-refractivity contribution in [2.24, 2.45) is 0 Å². The molecular formula is C24H29BrN4O2. The third-order valence-corrected chi connectivity index (χ3v) is 5.98. The summed E-state index contributed by atoms with van der Waals surface area (Å²) in [5.74, 6) is -0.0674. The van der Waals surface area contributed by atoms with Gasteiger partial charge in [0.1, 0.15) is 5.82 Å². The molecule has 0 spiro atoms. The van der Waals surface area contributed by atoms with E-state index in [-0.39, 0.29) is 23.9 Å². The minimum absolute atomic E-state index is 0.0356. The maximum atomic E-state index is 13.0. The van der Waals surface area contributed by atoms with Gasteiger partial charge in [0.25, 0.3) is 5.91 Å². The number of rotatable bonds is 9. The van der Waals surface area contributed by atoms with Gasteiger partial charge in [0.15, 0.2) is 0 Å². The molecule has 0 saturated heterocycles. The Bertz CT molecular complexity index is 943. The average molecular weight is 485 g/mol. The highest BCUT2D eigenvalue weighted by Gasteiger charge is 2.30. The Labute approximate surface area is 191 Å². The van der Waals surface area contributed by atoms with Crippen molar-refractivity contribution in [1.29, 1.82) is 5.41 Å². The molecule has 1 fully saturated rings. The van der Waals surface area contributed by atoms with E-state index in [1.807, 2.05) is 30.3 Å². The van der Waals surface area contributed by atoms with Gasteiger partial charge in [-0.15, -0.1) is 0 Å². The minimum atomic E-state index is -0.254. The highest BCUT2D eigenvalue weighted by Crippen LogP contribution is 2.25. The summed E-state index contributed by atoms with van der Waals surface area (Å²) in [5, 5.41) is 10.8. The lowest BCUT2D eigenvalue weighted by atomic mass is 10.0. The molecule has 31 heavy (non-hydrogen) atoms. The van der Waals surface area contributed by atoms with Gasteiger partial charge in [-0.25, -0.2) is 4.98 Å². The molecule has 0 unspecified atom stereocenters. The van der Waals surface area contributed by atoms with Crippen LogP contribution in [-0.4, -0.2) is 29.3 Å². The Kier molecular flexibility index (Phi) is 8.37. The van der Waals surface area contributed by atoms with E-state index in [9.17, 15) is 4.79 Å². The fourth-order valence-corrected chi connectivity index (χ4v) is 3.96. The molecule has 1 aromatic carbocycles. The zero-order valence-electron chi connectivity index (χ0n) is 17.7. The third-order valence-electron chi connectivity index (χ3n) is 5.45. The Morgan fingerprint density at radius 2 is 2.13 bits per heavy atom. The summed E-state index contributed by atoms with van der Waals surface area (Å²) < 4.78 is 7.15. The summed E-state index contributed by atoms with van der Waals surface area (Å²) in [6, 6.07) is 9.69. The van der Waals surface area contributed by atoms with Crippen molar-refractivity contribution in [2.45, 2.75) is 57.8 Å². The second kappa shape index (κ2) is 11.2. The fraction of sp³-hybridized carbons (Fsp3) is 0.375. The van der Waals surface area contributed by atoms with Crippen molar-refractivity contribution in [3.05, 3.63) is 63.8 Å². The monoisotopic (exact) mass is 484 g/mol. The number of carbonyl (C=O) groups excluding carboxylic acids is 1. The van der Waals surface area contributed by atoms with Gasteiger partial charge in [0.2, 0.25) is 0 Å². The van der Waals surface area contributed by atoms with Crippen LogP contribution in [0.3, 0.4) is 0 Å². The van der Waals surface area contributed by atoms with Gasteiger partial charge in [-0.3, -0.25) is 4.79 Å². The fourth-order valence-electron chi connectivity index (χ4n) is 3.70. The number of pyridine rings is 1. The summed E-state index contributed by atoms with van der Waals surface area (Å²) in [4.78, 5) is 17.2. The summed E-state index contributed by atoms with van der Waals surface area (Å²) in [7, 11) is 0. The molecule has 1 aromatic heterocycles. The van der Waals surface area contributed by atoms with E-state index in [1.165, 1.54) is 6.21 Å². The largest absolute Gasteiger partial charge is 0.383 e. The van der Waals surface area contributed by atoms with Crippen molar-refractivity contribution < 1.29 is 9.53 Å². The maximum Gasteiger partial charge on any atom is 0.255 e. The second-order valence-electron chi connectivity index (χ2n) is 7.74. The van der Waals surface area contributed by atoms with Crippen molar-refractivity contribution in [3.8, 4) is 0 Å². The predicted molar refractivity (Wildman–Crippen MR) is 128 cm³/mol. The summed E-state index contributed by atoms with van der Waals surface area (Å²) in [6.45, 7) is 2.59. The Balaban J connectivity index is 1.67. The van der Waals surface area contributed by atoms with Gasteiger partial charge < -0.3 is 21.2 Å². The summed E-state index contributed by atoms with van der Waals surface area (Å²) in [5.41, 5.74) is 8.89. The lowest BCUT2D eigenvalue weighted by Crippen LogP contribution is -2.41. The van der Waals surface area contributed by atoms with Crippen molar-refractivity contribution in [2.75, 3.05) is 5.73 Å². The number of unbranched alkanes of at least 4 members (excludes halogenated alkanes) is 1. The van der Waals surface area contributed by atoms with E-state index in [2.05, 4.69) is 33.2 Å². The first-order chi connectivity index (χ1) is 15.0. The number of nitrogens with zero attached hydrogens (tertiary/aromatic N) is 1. The normalized spacial score (nSPS) is 18.7. The van der Waals surface area contributed by atoms with Crippen molar-refractivity contribution in [3.63, 3.8) is 0 Å². The van der Waals surface area contributed by atoms with E-state index in [0.717, 1.165) is 53.3 Å². The number of carbonyl (C=O) groups is 1. The smallest absolute Gasteiger partial charge is 0.255 e. The van der Waals surface area contributed by atoms with Crippen LogP contribution in [0.1, 0.15) is 60.5 Å². The summed E-state index contributed by atoms with van der Waals surface area (Å²) in [6.07, 6.45) is 9.45. The SMILES string of the molecule is CCC/C=C(\C=N)c1cnc(N)c(C(=O)N[C@H]2CCC[C@@H]2OCc2ccc(Br)cc2)c1. The van der Waals surface area contributed by atoms with Gasteiger partial charge in [-0.1, -0.05) is 47.5 Å². The number of ether oxygens (including phenoxy) is 1. The molecule has 2 aromatic rings. The molecule has 0 aliphatic heterocycles. The van der Waals surface area contributed by atoms with E-state index >= 15 is 0 Å². The molecule has 0 bridgehead atoms. The first kappa shape index (κ1) is 23.2. The highest BCUT2D eigenvalue weighted by molar-refractivity contribution is 9.10. The molecule has 1 aliphatic rings. The van der Waals surface area contributed by atoms with Crippen LogP contribution in [0.15, 0.2) is 47.1 Å². The van der Waals surface area contributed by atoms with Gasteiger partial charge in [-0.05, 0) is 55.0 Å². The van der Waals surface area contributed by atoms with Gasteiger partial charge in [0.05, 0.1) is 24.3 Å². The van der Waals surface area contributed by atoms with E-state index in [4.69, 9.17) is 15.9 Å². The first-order valence-corrected chi connectivity index (χ1v) is 11.4. The van der Waals surface area contributed by atoms with Crippen LogP contribution in [0.4, 0.5) is 5.82 Å². The molecule has 1 saturated carbocycles. The number of nitrogens with one attached hydrogen (secondary N) is 2.